The molecule has 6 nitrogen and oxygen atoms in total. The number of carbonyl (C=O) groups is 1. The maximum absolute atomic E-state index is 13.2. The first-order chi connectivity index (χ1) is 10.1. The van der Waals surface area contributed by atoms with E-state index in [-0.39, 0.29) is 24.3 Å². The minimum absolute atomic E-state index is 0.157. The van der Waals surface area contributed by atoms with Crippen molar-refractivity contribution in [3.05, 3.63) is 47.3 Å². The molecule has 0 saturated heterocycles. The van der Waals surface area contributed by atoms with Gasteiger partial charge in [0, 0.05) is 12.6 Å². The Morgan fingerprint density at radius 1 is 1.52 bits per heavy atom. The fourth-order valence-corrected chi connectivity index (χ4v) is 1.67. The Kier molecular flexibility index (Phi) is 4.64. The van der Waals surface area contributed by atoms with Crippen molar-refractivity contribution in [3.8, 4) is 11.8 Å². The summed E-state index contributed by atoms with van der Waals surface area (Å²) < 4.78 is 14.7. The third-order valence-corrected chi connectivity index (χ3v) is 2.58. The molecule has 108 valence electrons. The standard InChI is InChI=1S/C14H13FN4O2/c1-19-9-17-13(18-19)8-16-14(21)12-5-4-11(15)7-10(12)3-2-6-20/h4-5,7,9,20H,6,8H2,1H3,(H,16,21). The van der Waals surface area contributed by atoms with Crippen LogP contribution in [0.5, 0.6) is 0 Å². The number of hydrogen-bond donors (Lipinski definition) is 2. The van der Waals surface area contributed by atoms with Gasteiger partial charge in [0.15, 0.2) is 5.82 Å². The van der Waals surface area contributed by atoms with Gasteiger partial charge in [0.2, 0.25) is 0 Å². The zero-order valence-corrected chi connectivity index (χ0v) is 11.3. The molecule has 0 unspecified atom stereocenters. The summed E-state index contributed by atoms with van der Waals surface area (Å²) in [6.45, 7) is -0.209. The topological polar surface area (TPSA) is 80.0 Å². The van der Waals surface area contributed by atoms with E-state index in [4.69, 9.17) is 5.11 Å². The van der Waals surface area contributed by atoms with Crippen molar-refractivity contribution in [2.24, 2.45) is 7.05 Å². The van der Waals surface area contributed by atoms with Gasteiger partial charge in [0.05, 0.1) is 12.1 Å². The van der Waals surface area contributed by atoms with Crippen LogP contribution >= 0.6 is 0 Å². The van der Waals surface area contributed by atoms with E-state index in [1.807, 2.05) is 0 Å². The number of nitrogens with one attached hydrogen (secondary N) is 1. The SMILES string of the molecule is Cn1cnc(CNC(=O)c2ccc(F)cc2C#CCO)n1. The van der Waals surface area contributed by atoms with Crippen molar-refractivity contribution in [1.82, 2.24) is 20.1 Å². The Hall–Kier alpha value is -2.72. The van der Waals surface area contributed by atoms with E-state index in [1.54, 1.807) is 7.05 Å². The number of aliphatic hydroxyl groups excluding tert-OH is 1. The van der Waals surface area contributed by atoms with E-state index in [2.05, 4.69) is 27.2 Å². The van der Waals surface area contributed by atoms with Gasteiger partial charge in [-0.2, -0.15) is 5.10 Å². The normalized spacial score (nSPS) is 9.86. The molecule has 0 spiro atoms. The number of rotatable bonds is 3. The zero-order chi connectivity index (χ0) is 15.2. The van der Waals surface area contributed by atoms with Crippen LogP contribution in [-0.2, 0) is 13.6 Å². The molecule has 0 atom stereocenters. The van der Waals surface area contributed by atoms with E-state index in [0.29, 0.717) is 5.82 Å². The van der Waals surface area contributed by atoms with Crippen LogP contribution in [0.2, 0.25) is 0 Å². The molecular formula is C14H13FN4O2. The van der Waals surface area contributed by atoms with Gasteiger partial charge >= 0.3 is 0 Å². The van der Waals surface area contributed by atoms with Gasteiger partial charge in [-0.15, -0.1) is 0 Å². The van der Waals surface area contributed by atoms with Gasteiger partial charge in [-0.3, -0.25) is 9.48 Å². The van der Waals surface area contributed by atoms with Crippen molar-refractivity contribution in [1.29, 1.82) is 0 Å². The average Bonchev–Trinajstić information content (AvgIpc) is 2.88. The van der Waals surface area contributed by atoms with Gasteiger partial charge in [-0.25, -0.2) is 9.37 Å². The number of aliphatic hydroxyl groups is 1. The van der Waals surface area contributed by atoms with Gasteiger partial charge in [-0.05, 0) is 18.2 Å². The summed E-state index contributed by atoms with van der Waals surface area (Å²) in [6.07, 6.45) is 1.53. The highest BCUT2D eigenvalue weighted by atomic mass is 19.1. The molecule has 2 N–H and O–H groups in total. The summed E-state index contributed by atoms with van der Waals surface area (Å²) in [5.74, 6) is 4.50. The molecule has 0 radical (unpaired) electrons. The highest BCUT2D eigenvalue weighted by Crippen LogP contribution is 2.10. The lowest BCUT2D eigenvalue weighted by Crippen LogP contribution is -2.24. The van der Waals surface area contributed by atoms with Crippen LogP contribution in [-0.4, -0.2) is 32.4 Å². The van der Waals surface area contributed by atoms with Crippen LogP contribution in [0.4, 0.5) is 4.39 Å². The van der Waals surface area contributed by atoms with E-state index in [9.17, 15) is 9.18 Å². The summed E-state index contributed by atoms with van der Waals surface area (Å²) in [6, 6.07) is 3.67. The second-order valence-electron chi connectivity index (χ2n) is 4.17. The Labute approximate surface area is 120 Å². The largest absolute Gasteiger partial charge is 0.384 e. The number of halogens is 1. The lowest BCUT2D eigenvalue weighted by molar-refractivity contribution is 0.0949. The Morgan fingerprint density at radius 3 is 3.00 bits per heavy atom. The second kappa shape index (κ2) is 6.63. The predicted octanol–water partition coefficient (Wildman–Crippen LogP) is 0.228. The molecule has 0 aliphatic rings. The third kappa shape index (κ3) is 3.87. The van der Waals surface area contributed by atoms with Crippen LogP contribution in [0.15, 0.2) is 24.5 Å². The molecule has 1 aromatic carbocycles. The second-order valence-corrected chi connectivity index (χ2v) is 4.17. The van der Waals surface area contributed by atoms with E-state index in [1.165, 1.54) is 23.1 Å². The molecule has 7 heteroatoms. The molecule has 1 amide bonds. The van der Waals surface area contributed by atoms with Crippen LogP contribution in [0.1, 0.15) is 21.7 Å². The highest BCUT2D eigenvalue weighted by molar-refractivity contribution is 5.96. The first kappa shape index (κ1) is 14.7. The van der Waals surface area contributed by atoms with E-state index >= 15 is 0 Å². The van der Waals surface area contributed by atoms with Crippen molar-refractivity contribution in [2.75, 3.05) is 6.61 Å². The number of hydrogen-bond acceptors (Lipinski definition) is 4. The van der Waals surface area contributed by atoms with Gasteiger partial charge in [0.25, 0.3) is 5.91 Å². The van der Waals surface area contributed by atoms with Crippen molar-refractivity contribution in [2.45, 2.75) is 6.54 Å². The Bertz CT molecular complexity index is 715. The summed E-state index contributed by atoms with van der Waals surface area (Å²) in [5, 5.41) is 15.4. The smallest absolute Gasteiger partial charge is 0.252 e. The first-order valence-corrected chi connectivity index (χ1v) is 6.12. The summed E-state index contributed by atoms with van der Waals surface area (Å²) >= 11 is 0. The van der Waals surface area contributed by atoms with Gasteiger partial charge < -0.3 is 10.4 Å². The van der Waals surface area contributed by atoms with Crippen LogP contribution in [0.25, 0.3) is 0 Å². The van der Waals surface area contributed by atoms with Gasteiger partial charge in [0.1, 0.15) is 18.8 Å². The third-order valence-electron chi connectivity index (χ3n) is 2.58. The molecule has 0 saturated carbocycles. The molecule has 0 bridgehead atoms. The lowest BCUT2D eigenvalue weighted by Gasteiger charge is -2.05. The number of aryl methyl sites for hydroxylation is 1. The minimum Gasteiger partial charge on any atom is -0.384 e. The van der Waals surface area contributed by atoms with Crippen molar-refractivity contribution < 1.29 is 14.3 Å². The molecule has 2 rings (SSSR count). The minimum atomic E-state index is -0.500. The fourth-order valence-electron chi connectivity index (χ4n) is 1.67. The maximum Gasteiger partial charge on any atom is 0.252 e. The number of nitrogens with zero attached hydrogens (tertiary/aromatic N) is 3. The van der Waals surface area contributed by atoms with Crippen molar-refractivity contribution >= 4 is 5.91 Å². The molecule has 21 heavy (non-hydrogen) atoms. The summed E-state index contributed by atoms with van der Waals surface area (Å²) in [4.78, 5) is 16.1. The number of benzene rings is 1. The van der Waals surface area contributed by atoms with Gasteiger partial charge in [-0.1, -0.05) is 11.8 Å². The number of amides is 1. The Balaban J connectivity index is 2.14. The molecule has 0 aliphatic heterocycles. The number of carbonyl (C=O) groups excluding carboxylic acids is 1. The molecule has 1 heterocycles. The quantitative estimate of drug-likeness (QED) is 0.792. The summed E-state index contributed by atoms with van der Waals surface area (Å²) in [5.41, 5.74) is 0.448. The van der Waals surface area contributed by atoms with Crippen LogP contribution in [0.3, 0.4) is 0 Å². The molecule has 1 aromatic heterocycles. The first-order valence-electron chi connectivity index (χ1n) is 6.12. The number of aromatic nitrogens is 3. The average molecular weight is 288 g/mol. The van der Waals surface area contributed by atoms with Crippen LogP contribution < -0.4 is 5.32 Å². The van der Waals surface area contributed by atoms with E-state index < -0.39 is 11.7 Å². The molecular weight excluding hydrogens is 275 g/mol. The summed E-state index contributed by atoms with van der Waals surface area (Å²) in [7, 11) is 1.72. The monoisotopic (exact) mass is 288 g/mol. The molecule has 0 fully saturated rings. The van der Waals surface area contributed by atoms with Crippen molar-refractivity contribution in [3.63, 3.8) is 0 Å². The van der Waals surface area contributed by atoms with E-state index in [0.717, 1.165) is 6.07 Å². The zero-order valence-electron chi connectivity index (χ0n) is 11.3. The highest BCUT2D eigenvalue weighted by Gasteiger charge is 2.11. The fraction of sp³-hybridized carbons (Fsp3) is 0.214. The van der Waals surface area contributed by atoms with Crippen LogP contribution in [0, 0.1) is 17.7 Å². The molecule has 0 aliphatic carbocycles. The maximum atomic E-state index is 13.2. The molecule has 2 aromatic rings. The predicted molar refractivity (Wildman–Crippen MR) is 72.5 cm³/mol. The Morgan fingerprint density at radius 2 is 2.33 bits per heavy atom. The lowest BCUT2D eigenvalue weighted by atomic mass is 10.1.